The van der Waals surface area contributed by atoms with E-state index in [1.807, 2.05) is 6.92 Å². The first-order valence-corrected chi connectivity index (χ1v) is 7.58. The van der Waals surface area contributed by atoms with Gasteiger partial charge < -0.3 is 10.1 Å². The molecule has 0 spiro atoms. The van der Waals surface area contributed by atoms with Crippen molar-refractivity contribution in [2.24, 2.45) is 0 Å². The SMILES string of the molecule is CCOCc1ccccc1NCc1cc(C)c(C)cc1C. The van der Waals surface area contributed by atoms with E-state index in [4.69, 9.17) is 4.74 Å². The van der Waals surface area contributed by atoms with E-state index in [-0.39, 0.29) is 0 Å². The van der Waals surface area contributed by atoms with Crippen LogP contribution in [0.2, 0.25) is 0 Å². The normalized spacial score (nSPS) is 10.7. The second-order valence-electron chi connectivity index (χ2n) is 5.51. The highest BCUT2D eigenvalue weighted by Crippen LogP contribution is 2.20. The molecule has 0 atom stereocenters. The van der Waals surface area contributed by atoms with Gasteiger partial charge in [0.25, 0.3) is 0 Å². The van der Waals surface area contributed by atoms with E-state index in [9.17, 15) is 0 Å². The van der Waals surface area contributed by atoms with Crippen molar-refractivity contribution in [2.75, 3.05) is 11.9 Å². The van der Waals surface area contributed by atoms with Gasteiger partial charge in [0.05, 0.1) is 6.61 Å². The molecule has 0 aliphatic heterocycles. The molecule has 1 N–H and O–H groups in total. The molecule has 2 heteroatoms. The quantitative estimate of drug-likeness (QED) is 0.825. The minimum absolute atomic E-state index is 0.658. The average Bonchev–Trinajstić information content (AvgIpc) is 2.48. The molecule has 21 heavy (non-hydrogen) atoms. The van der Waals surface area contributed by atoms with Gasteiger partial charge in [0.2, 0.25) is 0 Å². The molecular formula is C19H25NO. The first-order valence-electron chi connectivity index (χ1n) is 7.58. The lowest BCUT2D eigenvalue weighted by Crippen LogP contribution is -2.05. The summed E-state index contributed by atoms with van der Waals surface area (Å²) in [5, 5.41) is 3.55. The van der Waals surface area contributed by atoms with Crippen LogP contribution >= 0.6 is 0 Å². The Bertz CT molecular complexity index is 605. The first kappa shape index (κ1) is 15.6. The summed E-state index contributed by atoms with van der Waals surface area (Å²) in [5.41, 5.74) is 7.76. The molecule has 0 amide bonds. The fourth-order valence-corrected chi connectivity index (χ4v) is 2.43. The molecule has 0 radical (unpaired) electrons. The maximum atomic E-state index is 5.53. The lowest BCUT2D eigenvalue weighted by atomic mass is 10.0. The van der Waals surface area contributed by atoms with Gasteiger partial charge in [-0.15, -0.1) is 0 Å². The van der Waals surface area contributed by atoms with Gasteiger partial charge in [-0.2, -0.15) is 0 Å². The van der Waals surface area contributed by atoms with Crippen molar-refractivity contribution >= 4 is 5.69 Å². The van der Waals surface area contributed by atoms with Gasteiger partial charge in [0.15, 0.2) is 0 Å². The molecule has 2 nitrogen and oxygen atoms in total. The molecule has 0 bridgehead atoms. The van der Waals surface area contributed by atoms with Crippen LogP contribution in [-0.4, -0.2) is 6.61 Å². The predicted molar refractivity (Wildman–Crippen MR) is 89.8 cm³/mol. The first-order chi connectivity index (χ1) is 10.1. The van der Waals surface area contributed by atoms with E-state index in [1.54, 1.807) is 0 Å². The number of hydrogen-bond donors (Lipinski definition) is 1. The van der Waals surface area contributed by atoms with Crippen molar-refractivity contribution in [3.05, 3.63) is 64.2 Å². The van der Waals surface area contributed by atoms with Gasteiger partial charge in [0.1, 0.15) is 0 Å². The maximum Gasteiger partial charge on any atom is 0.0736 e. The number of benzene rings is 2. The van der Waals surface area contributed by atoms with Gasteiger partial charge in [0, 0.05) is 24.4 Å². The van der Waals surface area contributed by atoms with Crippen LogP contribution in [0.4, 0.5) is 5.69 Å². The van der Waals surface area contributed by atoms with Gasteiger partial charge in [-0.1, -0.05) is 30.3 Å². The van der Waals surface area contributed by atoms with Crippen LogP contribution in [-0.2, 0) is 17.9 Å². The molecule has 2 aromatic rings. The number of rotatable bonds is 6. The van der Waals surface area contributed by atoms with Crippen LogP contribution in [0.5, 0.6) is 0 Å². The van der Waals surface area contributed by atoms with Crippen molar-refractivity contribution in [2.45, 2.75) is 40.8 Å². The minimum Gasteiger partial charge on any atom is -0.381 e. The van der Waals surface area contributed by atoms with Gasteiger partial charge in [-0.05, 0) is 56.0 Å². The highest BCUT2D eigenvalue weighted by atomic mass is 16.5. The van der Waals surface area contributed by atoms with E-state index >= 15 is 0 Å². The molecule has 0 saturated heterocycles. The number of hydrogen-bond acceptors (Lipinski definition) is 2. The monoisotopic (exact) mass is 283 g/mol. The third-order valence-corrected chi connectivity index (χ3v) is 3.90. The number of anilines is 1. The summed E-state index contributed by atoms with van der Waals surface area (Å²) in [6.07, 6.45) is 0. The van der Waals surface area contributed by atoms with Crippen molar-refractivity contribution in [1.29, 1.82) is 0 Å². The molecule has 0 fully saturated rings. The lowest BCUT2D eigenvalue weighted by Gasteiger charge is -2.14. The topological polar surface area (TPSA) is 21.3 Å². The van der Waals surface area contributed by atoms with Crippen LogP contribution in [0.1, 0.15) is 34.7 Å². The molecule has 0 aliphatic rings. The summed E-state index contributed by atoms with van der Waals surface area (Å²) in [6, 6.07) is 12.9. The second kappa shape index (κ2) is 7.28. The van der Waals surface area contributed by atoms with Crippen LogP contribution in [0.15, 0.2) is 36.4 Å². The highest BCUT2D eigenvalue weighted by Gasteiger charge is 2.04. The van der Waals surface area contributed by atoms with Crippen LogP contribution < -0.4 is 5.32 Å². The van der Waals surface area contributed by atoms with E-state index in [0.29, 0.717) is 6.61 Å². The molecule has 2 rings (SSSR count). The van der Waals surface area contributed by atoms with E-state index in [2.05, 4.69) is 62.5 Å². The third kappa shape index (κ3) is 4.08. The third-order valence-electron chi connectivity index (χ3n) is 3.90. The van der Waals surface area contributed by atoms with E-state index < -0.39 is 0 Å². The predicted octanol–water partition coefficient (Wildman–Crippen LogP) is 4.76. The Morgan fingerprint density at radius 1 is 0.905 bits per heavy atom. The summed E-state index contributed by atoms with van der Waals surface area (Å²) in [6.45, 7) is 10.8. The van der Waals surface area contributed by atoms with Crippen molar-refractivity contribution in [3.63, 3.8) is 0 Å². The summed E-state index contributed by atoms with van der Waals surface area (Å²) < 4.78 is 5.53. The average molecular weight is 283 g/mol. The van der Waals surface area contributed by atoms with Crippen LogP contribution in [0.3, 0.4) is 0 Å². The number of para-hydroxylation sites is 1. The van der Waals surface area contributed by atoms with Gasteiger partial charge in [-0.3, -0.25) is 0 Å². The summed E-state index contributed by atoms with van der Waals surface area (Å²) in [5.74, 6) is 0. The number of ether oxygens (including phenoxy) is 1. The zero-order valence-corrected chi connectivity index (χ0v) is 13.5. The smallest absolute Gasteiger partial charge is 0.0736 e. The molecular weight excluding hydrogens is 258 g/mol. The summed E-state index contributed by atoms with van der Waals surface area (Å²) in [4.78, 5) is 0. The Morgan fingerprint density at radius 2 is 1.62 bits per heavy atom. The van der Waals surface area contributed by atoms with Gasteiger partial charge >= 0.3 is 0 Å². The lowest BCUT2D eigenvalue weighted by molar-refractivity contribution is 0.134. The van der Waals surface area contributed by atoms with Crippen LogP contribution in [0.25, 0.3) is 0 Å². The van der Waals surface area contributed by atoms with Crippen LogP contribution in [0, 0.1) is 20.8 Å². The fourth-order valence-electron chi connectivity index (χ4n) is 2.43. The number of nitrogens with one attached hydrogen (secondary N) is 1. The molecule has 0 heterocycles. The Morgan fingerprint density at radius 3 is 2.38 bits per heavy atom. The molecule has 0 saturated carbocycles. The Balaban J connectivity index is 2.11. The zero-order chi connectivity index (χ0) is 15.2. The summed E-state index contributed by atoms with van der Waals surface area (Å²) >= 11 is 0. The maximum absolute atomic E-state index is 5.53. The fraction of sp³-hybridized carbons (Fsp3) is 0.368. The van der Waals surface area contributed by atoms with Crippen molar-refractivity contribution in [1.82, 2.24) is 0 Å². The van der Waals surface area contributed by atoms with E-state index in [1.165, 1.54) is 27.8 Å². The highest BCUT2D eigenvalue weighted by molar-refractivity contribution is 5.51. The molecule has 0 aliphatic carbocycles. The Labute approximate surface area is 128 Å². The molecule has 112 valence electrons. The van der Waals surface area contributed by atoms with Gasteiger partial charge in [-0.25, -0.2) is 0 Å². The molecule has 2 aromatic carbocycles. The van der Waals surface area contributed by atoms with E-state index in [0.717, 1.165) is 18.8 Å². The Kier molecular flexibility index (Phi) is 5.40. The zero-order valence-electron chi connectivity index (χ0n) is 13.5. The minimum atomic E-state index is 0.658. The largest absolute Gasteiger partial charge is 0.381 e. The Hall–Kier alpha value is -1.80. The van der Waals surface area contributed by atoms with Crippen molar-refractivity contribution in [3.8, 4) is 0 Å². The standard InChI is InChI=1S/C19H25NO/c1-5-21-13-17-8-6-7-9-19(17)20-12-18-11-15(3)14(2)10-16(18)4/h6-11,20H,5,12-13H2,1-4H3. The number of aryl methyl sites for hydroxylation is 3. The second-order valence-corrected chi connectivity index (χ2v) is 5.51. The molecule has 0 aromatic heterocycles. The molecule has 0 unspecified atom stereocenters. The summed E-state index contributed by atoms with van der Waals surface area (Å²) in [7, 11) is 0. The van der Waals surface area contributed by atoms with Crippen molar-refractivity contribution < 1.29 is 4.74 Å².